The normalized spacial score (nSPS) is 14.1. The van der Waals surface area contributed by atoms with Crippen molar-refractivity contribution in [1.29, 1.82) is 0 Å². The van der Waals surface area contributed by atoms with Crippen molar-refractivity contribution in [3.63, 3.8) is 0 Å². The summed E-state index contributed by atoms with van der Waals surface area (Å²) in [5.74, 6) is -1.56. The Morgan fingerprint density at radius 3 is 1.60 bits per heavy atom. The Labute approximate surface area is 347 Å². The standard InChI is InChI=1S/C49H77NO7/c1-6-8-10-12-14-16-18-20-22-24-26-27-29-31-33-35-37-39-47(51)56-44-45(43-55-42-41-46(49(53)54)50(3,4)5)57-48(52)40-38-36-34-32-30-28-25-23-21-19-17-15-13-11-9-7-2/h8-12,14-18,20-24,26-27,29,45-46H,6-7,13,19,25,28,30-44H2,1-5H3/p+1/b10-8+,11-9+,14-12+,17-15+,18-16+,22-20+,23-21+,26-24+,29-27+. The number of rotatable bonds is 36. The number of carbonyl (C=O) groups is 3. The van der Waals surface area contributed by atoms with Gasteiger partial charge in [0.25, 0.3) is 0 Å². The Hall–Kier alpha value is -4.01. The molecule has 0 rings (SSSR count). The number of allylic oxidation sites excluding steroid dienone is 18. The number of hydrogen-bond donors (Lipinski definition) is 1. The minimum absolute atomic E-state index is 0.0328. The number of carboxylic acids is 1. The summed E-state index contributed by atoms with van der Waals surface area (Å²) in [6, 6.07) is -0.631. The van der Waals surface area contributed by atoms with E-state index in [2.05, 4.69) is 62.5 Å². The van der Waals surface area contributed by atoms with Gasteiger partial charge in [0.05, 0.1) is 34.4 Å². The highest BCUT2D eigenvalue weighted by Gasteiger charge is 2.31. The van der Waals surface area contributed by atoms with Gasteiger partial charge in [-0.3, -0.25) is 9.59 Å². The predicted molar refractivity (Wildman–Crippen MR) is 238 cm³/mol. The van der Waals surface area contributed by atoms with E-state index in [4.69, 9.17) is 14.2 Å². The van der Waals surface area contributed by atoms with Crippen LogP contribution in [0.25, 0.3) is 0 Å². The van der Waals surface area contributed by atoms with Gasteiger partial charge in [-0.2, -0.15) is 0 Å². The Morgan fingerprint density at radius 1 is 0.544 bits per heavy atom. The maximum absolute atomic E-state index is 12.7. The van der Waals surface area contributed by atoms with Crippen LogP contribution in [0.15, 0.2) is 109 Å². The van der Waals surface area contributed by atoms with Gasteiger partial charge in [-0.15, -0.1) is 0 Å². The van der Waals surface area contributed by atoms with E-state index in [1.54, 1.807) is 0 Å². The van der Waals surface area contributed by atoms with Crippen molar-refractivity contribution in [1.82, 2.24) is 0 Å². The average Bonchev–Trinajstić information content (AvgIpc) is 3.17. The first kappa shape index (κ1) is 53.0. The third-order valence-electron chi connectivity index (χ3n) is 8.83. The molecule has 0 spiro atoms. The zero-order valence-corrected chi connectivity index (χ0v) is 36.2. The lowest BCUT2D eigenvalue weighted by molar-refractivity contribution is -0.887. The number of carboxylic acid groups (broad SMARTS) is 1. The molecule has 0 saturated heterocycles. The summed E-state index contributed by atoms with van der Waals surface area (Å²) in [5, 5.41) is 9.62. The highest BCUT2D eigenvalue weighted by Crippen LogP contribution is 2.12. The summed E-state index contributed by atoms with van der Waals surface area (Å²) in [6.45, 7) is 4.39. The minimum atomic E-state index is -0.890. The molecule has 0 amide bonds. The number of unbranched alkanes of at least 4 members (excludes halogenated alkanes) is 9. The van der Waals surface area contributed by atoms with Crippen LogP contribution in [0, 0.1) is 0 Å². The van der Waals surface area contributed by atoms with Gasteiger partial charge in [-0.1, -0.05) is 155 Å². The van der Waals surface area contributed by atoms with Crippen molar-refractivity contribution >= 4 is 17.9 Å². The fraction of sp³-hybridized carbons (Fsp3) is 0.571. The van der Waals surface area contributed by atoms with Gasteiger partial charge >= 0.3 is 17.9 Å². The van der Waals surface area contributed by atoms with E-state index in [0.717, 1.165) is 77.0 Å². The fourth-order valence-electron chi connectivity index (χ4n) is 5.55. The molecule has 0 heterocycles. The van der Waals surface area contributed by atoms with Crippen molar-refractivity contribution in [2.75, 3.05) is 41.0 Å². The molecule has 0 radical (unpaired) electrons. The summed E-state index contributed by atoms with van der Waals surface area (Å²) >= 11 is 0. The Kier molecular flexibility index (Phi) is 36.1. The van der Waals surface area contributed by atoms with Crippen LogP contribution in [-0.4, -0.2) is 80.6 Å². The maximum atomic E-state index is 12.7. The maximum Gasteiger partial charge on any atom is 0.362 e. The van der Waals surface area contributed by atoms with E-state index in [-0.39, 0.29) is 36.2 Å². The molecular weight excluding hydrogens is 715 g/mol. The molecule has 0 aromatic rings. The van der Waals surface area contributed by atoms with Crippen molar-refractivity contribution in [2.24, 2.45) is 0 Å². The first-order valence-electron chi connectivity index (χ1n) is 21.5. The molecule has 0 saturated carbocycles. The van der Waals surface area contributed by atoms with E-state index in [1.165, 1.54) is 12.8 Å². The Bertz CT molecular complexity index is 1290. The summed E-state index contributed by atoms with van der Waals surface area (Å²) < 4.78 is 17.2. The van der Waals surface area contributed by atoms with E-state index < -0.39 is 18.1 Å². The number of esters is 2. The summed E-state index contributed by atoms with van der Waals surface area (Å²) in [5.41, 5.74) is 0. The van der Waals surface area contributed by atoms with Crippen LogP contribution in [0.3, 0.4) is 0 Å². The van der Waals surface area contributed by atoms with Gasteiger partial charge in [-0.05, 0) is 64.2 Å². The molecule has 0 aliphatic rings. The fourth-order valence-corrected chi connectivity index (χ4v) is 5.55. The van der Waals surface area contributed by atoms with Crippen molar-refractivity contribution in [2.45, 2.75) is 142 Å². The number of quaternary nitrogens is 1. The number of hydrogen-bond acceptors (Lipinski definition) is 6. The molecular formula is C49H78NO7+. The molecule has 2 unspecified atom stereocenters. The van der Waals surface area contributed by atoms with Crippen LogP contribution in [-0.2, 0) is 28.6 Å². The minimum Gasteiger partial charge on any atom is -0.477 e. The molecule has 8 nitrogen and oxygen atoms in total. The van der Waals surface area contributed by atoms with Gasteiger partial charge in [0.15, 0.2) is 12.1 Å². The second-order valence-corrected chi connectivity index (χ2v) is 15.0. The molecule has 0 aromatic heterocycles. The first-order chi connectivity index (χ1) is 27.6. The Balaban J connectivity index is 4.50. The van der Waals surface area contributed by atoms with E-state index in [1.807, 2.05) is 81.9 Å². The second-order valence-electron chi connectivity index (χ2n) is 15.0. The first-order valence-corrected chi connectivity index (χ1v) is 21.5. The monoisotopic (exact) mass is 793 g/mol. The molecule has 57 heavy (non-hydrogen) atoms. The predicted octanol–water partition coefficient (Wildman–Crippen LogP) is 11.7. The van der Waals surface area contributed by atoms with Gasteiger partial charge in [0.2, 0.25) is 0 Å². The SMILES string of the molecule is CC/C=C/C=C/C=C/C=C/C=C/C=C/CCCCCC(=O)OCC(COCCC(C(=O)O)[N+](C)(C)C)OC(=O)CCCCCCCC/C=C/C/C=C/C/C=C/CC. The van der Waals surface area contributed by atoms with Crippen LogP contribution >= 0.6 is 0 Å². The van der Waals surface area contributed by atoms with Gasteiger partial charge < -0.3 is 23.8 Å². The summed E-state index contributed by atoms with van der Waals surface area (Å²) in [6.07, 6.45) is 52.7. The van der Waals surface area contributed by atoms with Gasteiger partial charge in [0.1, 0.15) is 6.61 Å². The third kappa shape index (κ3) is 37.3. The van der Waals surface area contributed by atoms with Crippen molar-refractivity contribution in [3.8, 4) is 0 Å². The van der Waals surface area contributed by atoms with Crippen molar-refractivity contribution in [3.05, 3.63) is 109 Å². The molecule has 0 bridgehead atoms. The molecule has 8 heteroatoms. The molecule has 1 N–H and O–H groups in total. The second kappa shape index (κ2) is 38.8. The number of likely N-dealkylation sites (N-methyl/N-ethyl adjacent to an activating group) is 1. The highest BCUT2D eigenvalue weighted by atomic mass is 16.6. The molecule has 2 atom stereocenters. The molecule has 0 aliphatic carbocycles. The van der Waals surface area contributed by atoms with Gasteiger partial charge in [-0.25, -0.2) is 4.79 Å². The molecule has 0 aromatic carbocycles. The highest BCUT2D eigenvalue weighted by molar-refractivity contribution is 5.72. The Morgan fingerprint density at radius 2 is 1.02 bits per heavy atom. The molecule has 0 aliphatic heterocycles. The van der Waals surface area contributed by atoms with E-state index >= 15 is 0 Å². The number of nitrogens with zero attached hydrogens (tertiary/aromatic N) is 1. The molecule has 320 valence electrons. The lowest BCUT2D eigenvalue weighted by atomic mass is 10.1. The number of carbonyl (C=O) groups excluding carboxylic acids is 2. The topological polar surface area (TPSA) is 99.1 Å². The van der Waals surface area contributed by atoms with Crippen LogP contribution in [0.4, 0.5) is 0 Å². The zero-order valence-electron chi connectivity index (χ0n) is 36.2. The van der Waals surface area contributed by atoms with E-state index in [9.17, 15) is 19.5 Å². The zero-order chi connectivity index (χ0) is 42.1. The third-order valence-corrected chi connectivity index (χ3v) is 8.83. The summed E-state index contributed by atoms with van der Waals surface area (Å²) in [7, 11) is 5.49. The quantitative estimate of drug-likeness (QED) is 0.0222. The van der Waals surface area contributed by atoms with E-state index in [0.29, 0.717) is 25.7 Å². The lowest BCUT2D eigenvalue weighted by Gasteiger charge is -2.31. The lowest BCUT2D eigenvalue weighted by Crippen LogP contribution is -2.50. The smallest absolute Gasteiger partial charge is 0.362 e. The van der Waals surface area contributed by atoms with Gasteiger partial charge in [0, 0.05) is 19.3 Å². The average molecular weight is 793 g/mol. The number of aliphatic carboxylic acids is 1. The van der Waals surface area contributed by atoms with Crippen LogP contribution in [0.1, 0.15) is 129 Å². The summed E-state index contributed by atoms with van der Waals surface area (Å²) in [4.78, 5) is 37.0. The van der Waals surface area contributed by atoms with Crippen LogP contribution in [0.5, 0.6) is 0 Å². The van der Waals surface area contributed by atoms with Crippen LogP contribution in [0.2, 0.25) is 0 Å². The molecule has 0 fully saturated rings. The number of ether oxygens (including phenoxy) is 3. The van der Waals surface area contributed by atoms with Crippen LogP contribution < -0.4 is 0 Å². The largest absolute Gasteiger partial charge is 0.477 e. The van der Waals surface area contributed by atoms with Crippen molar-refractivity contribution < 1.29 is 38.2 Å².